The molecule has 1 aliphatic rings. The van der Waals surface area contributed by atoms with Crippen LogP contribution in [-0.4, -0.2) is 31.1 Å². The van der Waals surface area contributed by atoms with Crippen molar-refractivity contribution in [3.8, 4) is 0 Å². The molecule has 0 spiro atoms. The van der Waals surface area contributed by atoms with Gasteiger partial charge in [0.05, 0.1) is 5.02 Å². The van der Waals surface area contributed by atoms with Crippen LogP contribution in [0.1, 0.15) is 50.6 Å². The second-order valence-corrected chi connectivity index (χ2v) is 6.86. The molecule has 0 aliphatic heterocycles. The van der Waals surface area contributed by atoms with E-state index in [1.807, 2.05) is 6.07 Å². The molecule has 1 atom stereocenters. The third-order valence-electron chi connectivity index (χ3n) is 4.91. The summed E-state index contributed by atoms with van der Waals surface area (Å²) in [6.07, 6.45) is 6.39. The first-order valence-electron chi connectivity index (χ1n) is 7.80. The molecule has 0 saturated heterocycles. The molecule has 118 valence electrons. The Balaban J connectivity index is 2.01. The van der Waals surface area contributed by atoms with Gasteiger partial charge in [-0.15, -0.1) is 0 Å². The van der Waals surface area contributed by atoms with E-state index < -0.39 is 0 Å². The van der Waals surface area contributed by atoms with Crippen LogP contribution < -0.4 is 5.32 Å². The number of benzene rings is 1. The highest BCUT2D eigenvalue weighted by atomic mass is 35.5. The van der Waals surface area contributed by atoms with Gasteiger partial charge in [-0.2, -0.15) is 0 Å². The van der Waals surface area contributed by atoms with Crippen LogP contribution in [0.4, 0.5) is 4.39 Å². The molecule has 4 heteroatoms. The molecule has 0 amide bonds. The van der Waals surface area contributed by atoms with Crippen molar-refractivity contribution in [1.29, 1.82) is 0 Å². The Kier molecular flexibility index (Phi) is 5.64. The molecule has 1 unspecified atom stereocenters. The molecule has 2 rings (SSSR count). The Bertz CT molecular complexity index is 470. The highest BCUT2D eigenvalue weighted by Gasteiger charge is 2.34. The lowest BCUT2D eigenvalue weighted by Crippen LogP contribution is -2.53. The Morgan fingerprint density at radius 2 is 1.95 bits per heavy atom. The fourth-order valence-corrected chi connectivity index (χ4v) is 3.35. The summed E-state index contributed by atoms with van der Waals surface area (Å²) in [5, 5.41) is 3.77. The smallest absolute Gasteiger partial charge is 0.142 e. The summed E-state index contributed by atoms with van der Waals surface area (Å²) < 4.78 is 13.6. The molecule has 0 radical (unpaired) electrons. The van der Waals surface area contributed by atoms with Gasteiger partial charge in [-0.3, -0.25) is 0 Å². The molecular weight excluding hydrogens is 287 g/mol. The standard InChI is InChI=1S/C17H26ClFN2/c1-13(14-7-8-15(18)16(19)11-14)20-12-17(21(2)3)9-5-4-6-10-17/h7-8,11,13,20H,4-6,9-10,12H2,1-3H3. The number of hydrogen-bond acceptors (Lipinski definition) is 2. The van der Waals surface area contributed by atoms with Gasteiger partial charge in [-0.25, -0.2) is 4.39 Å². The maximum atomic E-state index is 13.6. The lowest BCUT2D eigenvalue weighted by atomic mass is 9.80. The van der Waals surface area contributed by atoms with Crippen molar-refractivity contribution >= 4 is 11.6 Å². The van der Waals surface area contributed by atoms with Crippen molar-refractivity contribution in [2.75, 3.05) is 20.6 Å². The third kappa shape index (κ3) is 3.97. The van der Waals surface area contributed by atoms with Gasteiger partial charge in [0.25, 0.3) is 0 Å². The summed E-state index contributed by atoms with van der Waals surface area (Å²) in [5.74, 6) is -0.345. The third-order valence-corrected chi connectivity index (χ3v) is 5.22. The zero-order valence-electron chi connectivity index (χ0n) is 13.3. The van der Waals surface area contributed by atoms with Crippen LogP contribution in [0.15, 0.2) is 18.2 Å². The van der Waals surface area contributed by atoms with Gasteiger partial charge < -0.3 is 10.2 Å². The van der Waals surface area contributed by atoms with Crippen molar-refractivity contribution in [3.05, 3.63) is 34.6 Å². The summed E-state index contributed by atoms with van der Waals surface area (Å²) in [4.78, 5) is 2.36. The van der Waals surface area contributed by atoms with Gasteiger partial charge in [0.2, 0.25) is 0 Å². The minimum absolute atomic E-state index is 0.121. The minimum atomic E-state index is -0.345. The molecule has 1 aliphatic carbocycles. The SMILES string of the molecule is CC(NCC1(N(C)C)CCCCC1)c1ccc(Cl)c(F)c1. The molecular formula is C17H26ClFN2. The van der Waals surface area contributed by atoms with E-state index in [9.17, 15) is 4.39 Å². The highest BCUT2D eigenvalue weighted by Crippen LogP contribution is 2.32. The Labute approximate surface area is 132 Å². The summed E-state index contributed by atoms with van der Waals surface area (Å²) in [6, 6.07) is 5.18. The van der Waals surface area contributed by atoms with Gasteiger partial charge in [-0.05, 0) is 51.6 Å². The second kappa shape index (κ2) is 7.08. The van der Waals surface area contributed by atoms with E-state index in [1.54, 1.807) is 6.07 Å². The predicted octanol–water partition coefficient (Wildman–Crippen LogP) is 4.39. The second-order valence-electron chi connectivity index (χ2n) is 6.46. The molecule has 0 aromatic heterocycles. The molecule has 21 heavy (non-hydrogen) atoms. The van der Waals surface area contributed by atoms with E-state index in [0.717, 1.165) is 12.1 Å². The van der Waals surface area contributed by atoms with Crippen LogP contribution in [0, 0.1) is 5.82 Å². The monoisotopic (exact) mass is 312 g/mol. The van der Waals surface area contributed by atoms with Gasteiger partial charge in [0.15, 0.2) is 0 Å². The fourth-order valence-electron chi connectivity index (χ4n) is 3.23. The van der Waals surface area contributed by atoms with Crippen LogP contribution in [-0.2, 0) is 0 Å². The van der Waals surface area contributed by atoms with Crippen LogP contribution in [0.5, 0.6) is 0 Å². The average molecular weight is 313 g/mol. The van der Waals surface area contributed by atoms with Crippen LogP contribution in [0.3, 0.4) is 0 Å². The zero-order valence-corrected chi connectivity index (χ0v) is 14.0. The van der Waals surface area contributed by atoms with E-state index >= 15 is 0 Å². The minimum Gasteiger partial charge on any atom is -0.308 e. The van der Waals surface area contributed by atoms with Crippen molar-refractivity contribution < 1.29 is 4.39 Å². The van der Waals surface area contributed by atoms with Gasteiger partial charge >= 0.3 is 0 Å². The van der Waals surface area contributed by atoms with Crippen molar-refractivity contribution in [2.45, 2.75) is 50.6 Å². The van der Waals surface area contributed by atoms with E-state index in [4.69, 9.17) is 11.6 Å². The first kappa shape index (κ1) is 16.7. The van der Waals surface area contributed by atoms with Crippen molar-refractivity contribution in [2.24, 2.45) is 0 Å². The number of rotatable bonds is 5. The summed E-state index contributed by atoms with van der Waals surface area (Å²) in [6.45, 7) is 3.01. The summed E-state index contributed by atoms with van der Waals surface area (Å²) in [7, 11) is 4.33. The summed E-state index contributed by atoms with van der Waals surface area (Å²) in [5.41, 5.74) is 1.18. The topological polar surface area (TPSA) is 15.3 Å². The maximum Gasteiger partial charge on any atom is 0.142 e. The van der Waals surface area contributed by atoms with Gasteiger partial charge in [0, 0.05) is 18.1 Å². The molecule has 1 aromatic carbocycles. The van der Waals surface area contributed by atoms with Crippen LogP contribution >= 0.6 is 11.6 Å². The van der Waals surface area contributed by atoms with Crippen LogP contribution in [0.25, 0.3) is 0 Å². The summed E-state index contributed by atoms with van der Waals surface area (Å²) >= 11 is 5.75. The van der Waals surface area contributed by atoms with Crippen LogP contribution in [0.2, 0.25) is 5.02 Å². The fraction of sp³-hybridized carbons (Fsp3) is 0.647. The van der Waals surface area contributed by atoms with E-state index in [0.29, 0.717) is 0 Å². The average Bonchev–Trinajstić information content (AvgIpc) is 2.48. The van der Waals surface area contributed by atoms with Crippen molar-refractivity contribution in [1.82, 2.24) is 10.2 Å². The molecule has 1 aromatic rings. The first-order valence-corrected chi connectivity index (χ1v) is 8.18. The Hall–Kier alpha value is -0.640. The Morgan fingerprint density at radius 1 is 1.29 bits per heavy atom. The number of hydrogen-bond donors (Lipinski definition) is 1. The number of nitrogens with one attached hydrogen (secondary N) is 1. The van der Waals surface area contributed by atoms with Crippen molar-refractivity contribution in [3.63, 3.8) is 0 Å². The number of likely N-dealkylation sites (N-methyl/N-ethyl adjacent to an activating group) is 1. The number of halogens is 2. The lowest BCUT2D eigenvalue weighted by Gasteiger charge is -2.44. The normalized spacial score (nSPS) is 19.7. The molecule has 1 fully saturated rings. The Morgan fingerprint density at radius 3 is 2.52 bits per heavy atom. The maximum absolute atomic E-state index is 13.6. The predicted molar refractivity (Wildman–Crippen MR) is 87.3 cm³/mol. The molecule has 0 bridgehead atoms. The lowest BCUT2D eigenvalue weighted by molar-refractivity contribution is 0.0958. The molecule has 1 N–H and O–H groups in total. The quantitative estimate of drug-likeness (QED) is 0.867. The van der Waals surface area contributed by atoms with E-state index in [-0.39, 0.29) is 22.4 Å². The van der Waals surface area contributed by atoms with E-state index in [2.05, 4.69) is 31.2 Å². The number of nitrogens with zero attached hydrogens (tertiary/aromatic N) is 1. The zero-order chi connectivity index (χ0) is 15.5. The van der Waals surface area contributed by atoms with E-state index in [1.165, 1.54) is 38.2 Å². The van der Waals surface area contributed by atoms with Gasteiger partial charge in [-0.1, -0.05) is 36.9 Å². The largest absolute Gasteiger partial charge is 0.308 e. The first-order chi connectivity index (χ1) is 9.94. The molecule has 0 heterocycles. The van der Waals surface area contributed by atoms with Gasteiger partial charge in [0.1, 0.15) is 5.82 Å². The molecule has 2 nitrogen and oxygen atoms in total. The highest BCUT2D eigenvalue weighted by molar-refractivity contribution is 6.30. The molecule has 1 saturated carbocycles.